The minimum Gasteiger partial charge on any atom is -0.481 e. The summed E-state index contributed by atoms with van der Waals surface area (Å²) in [6, 6.07) is 6.86. The van der Waals surface area contributed by atoms with Gasteiger partial charge in [-0.05, 0) is 37.0 Å². The lowest BCUT2D eigenvalue weighted by molar-refractivity contribution is -0.141. The average Bonchev–Trinajstić information content (AvgIpc) is 3.15. The Balaban J connectivity index is 1.67. The molecule has 0 bridgehead atoms. The lowest BCUT2D eigenvalue weighted by Gasteiger charge is -2.22. The molecule has 9 heteroatoms. The maximum atomic E-state index is 12.6. The molecule has 0 radical (unpaired) electrons. The number of rotatable bonds is 7. The second kappa shape index (κ2) is 8.10. The molecule has 146 valence electrons. The molecule has 1 atom stereocenters. The van der Waals surface area contributed by atoms with Gasteiger partial charge in [-0.3, -0.25) is 14.2 Å². The van der Waals surface area contributed by atoms with Crippen LogP contribution < -0.4 is 4.72 Å². The smallest absolute Gasteiger partial charge is 0.306 e. The fraction of sp³-hybridized carbons (Fsp3) is 0.444. The number of benzene rings is 1. The molecule has 0 saturated carbocycles. The molecule has 3 rings (SSSR count). The fourth-order valence-corrected chi connectivity index (χ4v) is 3.97. The number of aromatic nitrogens is 2. The molecule has 1 aromatic heterocycles. The minimum absolute atomic E-state index is 0.109. The quantitative estimate of drug-likeness (QED) is 0.747. The summed E-state index contributed by atoms with van der Waals surface area (Å²) in [5.41, 5.74) is 1.25. The van der Waals surface area contributed by atoms with Gasteiger partial charge in [-0.15, -0.1) is 0 Å². The zero-order valence-corrected chi connectivity index (χ0v) is 15.9. The third-order valence-electron chi connectivity index (χ3n) is 4.62. The van der Waals surface area contributed by atoms with Crippen LogP contribution in [0.3, 0.4) is 0 Å². The summed E-state index contributed by atoms with van der Waals surface area (Å²) >= 11 is 0. The van der Waals surface area contributed by atoms with Crippen LogP contribution in [0.25, 0.3) is 0 Å². The van der Waals surface area contributed by atoms with Gasteiger partial charge in [-0.2, -0.15) is 5.10 Å². The summed E-state index contributed by atoms with van der Waals surface area (Å²) in [7, 11) is -3.74. The molecule has 2 heterocycles. The first-order chi connectivity index (χ1) is 12.8. The van der Waals surface area contributed by atoms with E-state index in [9.17, 15) is 13.2 Å². The maximum Gasteiger partial charge on any atom is 0.306 e. The largest absolute Gasteiger partial charge is 0.481 e. The standard InChI is InChI=1S/C18H23N3O5S/c1-13(18(22)23)10-14-2-4-15(5-3-14)20-27(24,25)17-11-19-21(12-17)16-6-8-26-9-7-16/h2-5,11-13,16,20H,6-10H2,1H3,(H,22,23). The molecule has 0 spiro atoms. The second-order valence-corrected chi connectivity index (χ2v) is 8.43. The topological polar surface area (TPSA) is 111 Å². The highest BCUT2D eigenvalue weighted by molar-refractivity contribution is 7.92. The Kier molecular flexibility index (Phi) is 5.81. The molecule has 2 N–H and O–H groups in total. The molecule has 1 aromatic carbocycles. The fourth-order valence-electron chi connectivity index (χ4n) is 2.97. The van der Waals surface area contributed by atoms with E-state index in [4.69, 9.17) is 9.84 Å². The summed E-state index contributed by atoms with van der Waals surface area (Å²) in [6.45, 7) is 2.93. The number of hydrogen-bond acceptors (Lipinski definition) is 5. The van der Waals surface area contributed by atoms with Crippen LogP contribution in [0.5, 0.6) is 0 Å². The third-order valence-corrected chi connectivity index (χ3v) is 5.96. The molecule has 1 saturated heterocycles. The van der Waals surface area contributed by atoms with Gasteiger partial charge >= 0.3 is 5.97 Å². The monoisotopic (exact) mass is 393 g/mol. The molecule has 0 amide bonds. The van der Waals surface area contributed by atoms with Crippen LogP contribution in [-0.4, -0.2) is 42.5 Å². The van der Waals surface area contributed by atoms with Crippen molar-refractivity contribution in [3.05, 3.63) is 42.2 Å². The van der Waals surface area contributed by atoms with Gasteiger partial charge in [-0.1, -0.05) is 19.1 Å². The van der Waals surface area contributed by atoms with E-state index in [1.807, 2.05) is 0 Å². The summed E-state index contributed by atoms with van der Waals surface area (Å²) < 4.78 is 34.7. The van der Waals surface area contributed by atoms with E-state index in [0.29, 0.717) is 25.3 Å². The molecule has 1 aliphatic heterocycles. The molecule has 1 fully saturated rings. The Hall–Kier alpha value is -2.39. The average molecular weight is 393 g/mol. The number of sulfonamides is 1. The van der Waals surface area contributed by atoms with Gasteiger partial charge in [0.15, 0.2) is 0 Å². The Morgan fingerprint density at radius 3 is 2.63 bits per heavy atom. The molecule has 27 heavy (non-hydrogen) atoms. The van der Waals surface area contributed by atoms with Crippen LogP contribution >= 0.6 is 0 Å². The van der Waals surface area contributed by atoms with Crippen molar-refractivity contribution in [3.63, 3.8) is 0 Å². The predicted octanol–water partition coefficient (Wildman–Crippen LogP) is 2.30. The number of hydrogen-bond donors (Lipinski definition) is 2. The summed E-state index contributed by atoms with van der Waals surface area (Å²) in [4.78, 5) is 11.0. The first kappa shape index (κ1) is 19.4. The number of nitrogens with zero attached hydrogens (tertiary/aromatic N) is 2. The van der Waals surface area contributed by atoms with Crippen molar-refractivity contribution in [2.24, 2.45) is 5.92 Å². The molecule has 1 unspecified atom stereocenters. The van der Waals surface area contributed by atoms with Gasteiger partial charge in [0.05, 0.1) is 18.2 Å². The van der Waals surface area contributed by atoms with Gasteiger partial charge in [0.25, 0.3) is 10.0 Å². The highest BCUT2D eigenvalue weighted by atomic mass is 32.2. The Morgan fingerprint density at radius 2 is 2.00 bits per heavy atom. The number of carbonyl (C=O) groups is 1. The number of aliphatic carboxylic acids is 1. The van der Waals surface area contributed by atoms with Crippen molar-refractivity contribution in [1.29, 1.82) is 0 Å². The minimum atomic E-state index is -3.74. The molecular formula is C18H23N3O5S. The van der Waals surface area contributed by atoms with E-state index < -0.39 is 21.9 Å². The molecule has 8 nitrogen and oxygen atoms in total. The molecule has 2 aromatic rings. The van der Waals surface area contributed by atoms with E-state index in [0.717, 1.165) is 18.4 Å². The number of carboxylic acid groups (broad SMARTS) is 1. The zero-order valence-electron chi connectivity index (χ0n) is 15.0. The van der Waals surface area contributed by atoms with Gasteiger partial charge in [-0.25, -0.2) is 8.42 Å². The molecule has 1 aliphatic rings. The Bertz CT molecular complexity index is 886. The van der Waals surface area contributed by atoms with Crippen molar-refractivity contribution >= 4 is 21.7 Å². The van der Waals surface area contributed by atoms with E-state index in [2.05, 4.69) is 9.82 Å². The van der Waals surface area contributed by atoms with E-state index in [1.165, 1.54) is 6.20 Å². The Labute approximate surface area is 158 Å². The summed E-state index contributed by atoms with van der Waals surface area (Å²) in [6.07, 6.45) is 4.90. The number of nitrogens with one attached hydrogen (secondary N) is 1. The van der Waals surface area contributed by atoms with Gasteiger partial charge in [0, 0.05) is 25.1 Å². The van der Waals surface area contributed by atoms with Crippen molar-refractivity contribution in [2.45, 2.75) is 37.1 Å². The second-order valence-electron chi connectivity index (χ2n) is 6.75. The SMILES string of the molecule is CC(Cc1ccc(NS(=O)(=O)c2cnn(C3CCOCC3)c2)cc1)C(=O)O. The highest BCUT2D eigenvalue weighted by Crippen LogP contribution is 2.23. The third kappa shape index (κ3) is 4.86. The normalized spacial score (nSPS) is 16.8. The van der Waals surface area contributed by atoms with E-state index >= 15 is 0 Å². The van der Waals surface area contributed by atoms with Gasteiger partial charge < -0.3 is 9.84 Å². The van der Waals surface area contributed by atoms with Crippen molar-refractivity contribution in [1.82, 2.24) is 9.78 Å². The van der Waals surface area contributed by atoms with Crippen LogP contribution in [0, 0.1) is 5.92 Å². The predicted molar refractivity (Wildman–Crippen MR) is 99.1 cm³/mol. The van der Waals surface area contributed by atoms with Crippen LogP contribution in [0.2, 0.25) is 0 Å². The first-order valence-electron chi connectivity index (χ1n) is 8.81. The van der Waals surface area contributed by atoms with Gasteiger partial charge in [0.1, 0.15) is 4.90 Å². The van der Waals surface area contributed by atoms with Crippen LogP contribution in [0.15, 0.2) is 41.6 Å². The van der Waals surface area contributed by atoms with Crippen molar-refractivity contribution in [2.75, 3.05) is 17.9 Å². The number of carboxylic acids is 1. The number of anilines is 1. The van der Waals surface area contributed by atoms with Crippen molar-refractivity contribution in [3.8, 4) is 0 Å². The van der Waals surface area contributed by atoms with E-state index in [-0.39, 0.29) is 10.9 Å². The molecule has 0 aliphatic carbocycles. The first-order valence-corrected chi connectivity index (χ1v) is 10.3. The summed E-state index contributed by atoms with van der Waals surface area (Å²) in [5.74, 6) is -1.36. The van der Waals surface area contributed by atoms with E-state index in [1.54, 1.807) is 42.1 Å². The Morgan fingerprint density at radius 1 is 1.33 bits per heavy atom. The van der Waals surface area contributed by atoms with Crippen LogP contribution in [0.4, 0.5) is 5.69 Å². The van der Waals surface area contributed by atoms with Crippen LogP contribution in [0.1, 0.15) is 31.4 Å². The lowest BCUT2D eigenvalue weighted by atomic mass is 10.0. The highest BCUT2D eigenvalue weighted by Gasteiger charge is 2.21. The van der Waals surface area contributed by atoms with Gasteiger partial charge in [0.2, 0.25) is 0 Å². The maximum absolute atomic E-state index is 12.6. The zero-order chi connectivity index (χ0) is 19.4. The lowest BCUT2D eigenvalue weighted by Crippen LogP contribution is -2.20. The van der Waals surface area contributed by atoms with Crippen molar-refractivity contribution < 1.29 is 23.1 Å². The van der Waals surface area contributed by atoms with Crippen LogP contribution in [-0.2, 0) is 26.0 Å². The molecular weight excluding hydrogens is 370 g/mol. The number of ether oxygens (including phenoxy) is 1. The summed E-state index contributed by atoms with van der Waals surface area (Å²) in [5, 5.41) is 13.2.